The van der Waals surface area contributed by atoms with E-state index < -0.39 is 35.7 Å². The summed E-state index contributed by atoms with van der Waals surface area (Å²) < 4.78 is 69.2. The third-order valence-corrected chi connectivity index (χ3v) is 3.95. The number of amides is 1. The Balaban J connectivity index is 1.91. The van der Waals surface area contributed by atoms with Gasteiger partial charge in [-0.05, 0) is 42.0 Å². The molecule has 1 atom stereocenters. The summed E-state index contributed by atoms with van der Waals surface area (Å²) in [6.07, 6.45) is -2.46. The van der Waals surface area contributed by atoms with Crippen molar-refractivity contribution in [3.05, 3.63) is 89.5 Å². The van der Waals surface area contributed by atoms with E-state index in [2.05, 4.69) is 20.0 Å². The fourth-order valence-corrected chi connectivity index (χ4v) is 2.70. The van der Waals surface area contributed by atoms with Crippen LogP contribution in [-0.4, -0.2) is 22.2 Å². The molecule has 2 heterocycles. The molecule has 0 fully saturated rings. The second kappa shape index (κ2) is 8.85. The quantitative estimate of drug-likeness (QED) is 0.607. The largest absolute Gasteiger partial charge is 0.573 e. The molecule has 0 spiro atoms. The zero-order valence-corrected chi connectivity index (χ0v) is 15.2. The summed E-state index contributed by atoms with van der Waals surface area (Å²) in [5.41, 5.74) is 0.195. The van der Waals surface area contributed by atoms with Gasteiger partial charge in [-0.2, -0.15) is 0 Å². The van der Waals surface area contributed by atoms with Gasteiger partial charge in [-0.25, -0.2) is 8.78 Å². The number of pyridine rings is 2. The van der Waals surface area contributed by atoms with Crippen molar-refractivity contribution in [1.82, 2.24) is 15.3 Å². The van der Waals surface area contributed by atoms with Gasteiger partial charge in [0.2, 0.25) is 5.91 Å². The SMILES string of the molecule is O=C(Cc1ccccn1)N[C@@H](c1ccc(OC(F)(F)F)c(F)c1)c1ncccc1F. The highest BCUT2D eigenvalue weighted by Gasteiger charge is 2.33. The van der Waals surface area contributed by atoms with Gasteiger partial charge in [0, 0.05) is 18.1 Å². The molecule has 2 aromatic heterocycles. The van der Waals surface area contributed by atoms with Crippen LogP contribution in [0.1, 0.15) is 23.0 Å². The van der Waals surface area contributed by atoms with Crippen LogP contribution in [0.15, 0.2) is 60.9 Å². The first-order valence-corrected chi connectivity index (χ1v) is 8.58. The van der Waals surface area contributed by atoms with Gasteiger partial charge in [0.15, 0.2) is 11.6 Å². The van der Waals surface area contributed by atoms with Crippen molar-refractivity contribution >= 4 is 5.91 Å². The van der Waals surface area contributed by atoms with E-state index in [1.54, 1.807) is 18.2 Å². The minimum atomic E-state index is -5.08. The van der Waals surface area contributed by atoms with Crippen LogP contribution < -0.4 is 10.1 Å². The highest BCUT2D eigenvalue weighted by molar-refractivity contribution is 5.79. The fourth-order valence-electron chi connectivity index (χ4n) is 2.70. The molecule has 0 bridgehead atoms. The van der Waals surface area contributed by atoms with E-state index in [1.165, 1.54) is 18.5 Å². The summed E-state index contributed by atoms with van der Waals surface area (Å²) >= 11 is 0. The number of aromatic nitrogens is 2. The van der Waals surface area contributed by atoms with Gasteiger partial charge in [0.1, 0.15) is 11.5 Å². The van der Waals surface area contributed by atoms with E-state index in [4.69, 9.17) is 0 Å². The summed E-state index contributed by atoms with van der Waals surface area (Å²) in [5.74, 6) is -3.73. The number of carbonyl (C=O) groups is 1. The predicted octanol–water partition coefficient (Wildman–Crippen LogP) is 4.10. The van der Waals surface area contributed by atoms with Crippen LogP contribution >= 0.6 is 0 Å². The normalized spacial score (nSPS) is 12.3. The summed E-state index contributed by atoms with van der Waals surface area (Å²) in [7, 11) is 0. The maximum absolute atomic E-state index is 14.3. The van der Waals surface area contributed by atoms with Gasteiger partial charge in [0.05, 0.1) is 12.5 Å². The van der Waals surface area contributed by atoms with Crippen LogP contribution in [0.4, 0.5) is 22.0 Å². The molecular formula is C20H14F5N3O2. The number of nitrogens with one attached hydrogen (secondary N) is 1. The topological polar surface area (TPSA) is 64.1 Å². The number of halogens is 5. The molecule has 156 valence electrons. The van der Waals surface area contributed by atoms with E-state index >= 15 is 0 Å². The molecule has 1 amide bonds. The number of carbonyl (C=O) groups excluding carboxylic acids is 1. The van der Waals surface area contributed by atoms with Crippen LogP contribution in [0.5, 0.6) is 5.75 Å². The Morgan fingerprint density at radius 2 is 1.77 bits per heavy atom. The molecule has 0 aliphatic heterocycles. The predicted molar refractivity (Wildman–Crippen MR) is 95.2 cm³/mol. The average Bonchev–Trinajstić information content (AvgIpc) is 2.68. The number of benzene rings is 1. The van der Waals surface area contributed by atoms with E-state index in [9.17, 15) is 26.7 Å². The minimum Gasteiger partial charge on any atom is -0.403 e. The molecule has 0 aliphatic carbocycles. The Kier molecular flexibility index (Phi) is 6.24. The fraction of sp³-hybridized carbons (Fsp3) is 0.150. The highest BCUT2D eigenvalue weighted by atomic mass is 19.4. The van der Waals surface area contributed by atoms with E-state index in [0.717, 1.165) is 24.3 Å². The number of ether oxygens (including phenoxy) is 1. The zero-order chi connectivity index (χ0) is 21.7. The molecule has 10 heteroatoms. The van der Waals surface area contributed by atoms with Crippen LogP contribution in [-0.2, 0) is 11.2 Å². The summed E-state index contributed by atoms with van der Waals surface area (Å²) in [6, 6.07) is 8.68. The summed E-state index contributed by atoms with van der Waals surface area (Å²) in [4.78, 5) is 20.4. The molecule has 1 aromatic carbocycles. The van der Waals surface area contributed by atoms with Crippen LogP contribution in [0.3, 0.4) is 0 Å². The maximum atomic E-state index is 14.3. The molecule has 0 saturated carbocycles. The number of hydrogen-bond donors (Lipinski definition) is 1. The van der Waals surface area contributed by atoms with Crippen molar-refractivity contribution in [2.45, 2.75) is 18.8 Å². The first-order chi connectivity index (χ1) is 14.2. The van der Waals surface area contributed by atoms with Crippen molar-refractivity contribution in [1.29, 1.82) is 0 Å². The van der Waals surface area contributed by atoms with Crippen LogP contribution in [0, 0.1) is 11.6 Å². The molecule has 1 N–H and O–H groups in total. The summed E-state index contributed by atoms with van der Waals surface area (Å²) in [6.45, 7) is 0. The van der Waals surface area contributed by atoms with E-state index in [0.29, 0.717) is 5.69 Å². The lowest BCUT2D eigenvalue weighted by Crippen LogP contribution is -2.32. The molecule has 3 rings (SSSR count). The molecule has 0 saturated heterocycles. The lowest BCUT2D eigenvalue weighted by Gasteiger charge is -2.20. The number of nitrogens with zero attached hydrogens (tertiary/aromatic N) is 2. The van der Waals surface area contributed by atoms with Crippen LogP contribution in [0.25, 0.3) is 0 Å². The van der Waals surface area contributed by atoms with Gasteiger partial charge in [-0.3, -0.25) is 14.8 Å². The lowest BCUT2D eigenvalue weighted by molar-refractivity contribution is -0.275. The Bertz CT molecular complexity index is 1030. The van der Waals surface area contributed by atoms with E-state index in [-0.39, 0.29) is 17.7 Å². The van der Waals surface area contributed by atoms with Crippen LogP contribution in [0.2, 0.25) is 0 Å². The number of alkyl halides is 3. The molecule has 0 unspecified atom stereocenters. The Morgan fingerprint density at radius 1 is 1.00 bits per heavy atom. The van der Waals surface area contributed by atoms with E-state index in [1.807, 2.05) is 0 Å². The van der Waals surface area contributed by atoms with Crippen molar-refractivity contribution in [2.75, 3.05) is 0 Å². The molecule has 5 nitrogen and oxygen atoms in total. The third-order valence-electron chi connectivity index (χ3n) is 3.95. The summed E-state index contributed by atoms with van der Waals surface area (Å²) in [5, 5.41) is 2.52. The average molecular weight is 423 g/mol. The third kappa shape index (κ3) is 5.49. The Labute approximate surface area is 167 Å². The molecule has 3 aromatic rings. The standard InChI is InChI=1S/C20H14F5N3O2/c21-14-5-3-9-27-19(14)18(28-17(29)11-13-4-1-2-8-26-13)12-6-7-16(15(22)10-12)30-20(23,24)25/h1-10,18H,11H2,(H,28,29)/t18-/m0/s1. The van der Waals surface area contributed by atoms with Gasteiger partial charge in [0.25, 0.3) is 0 Å². The monoisotopic (exact) mass is 423 g/mol. The lowest BCUT2D eigenvalue weighted by atomic mass is 10.0. The van der Waals surface area contributed by atoms with Crippen molar-refractivity contribution in [3.8, 4) is 5.75 Å². The smallest absolute Gasteiger partial charge is 0.403 e. The van der Waals surface area contributed by atoms with Gasteiger partial charge in [-0.1, -0.05) is 12.1 Å². The maximum Gasteiger partial charge on any atom is 0.573 e. The highest BCUT2D eigenvalue weighted by Crippen LogP contribution is 2.30. The minimum absolute atomic E-state index is 0.0194. The second-order valence-electron chi connectivity index (χ2n) is 6.11. The van der Waals surface area contributed by atoms with Gasteiger partial charge < -0.3 is 10.1 Å². The zero-order valence-electron chi connectivity index (χ0n) is 15.2. The number of rotatable bonds is 6. The molecular weight excluding hydrogens is 409 g/mol. The molecule has 0 radical (unpaired) electrons. The molecule has 30 heavy (non-hydrogen) atoms. The molecule has 0 aliphatic rings. The van der Waals surface area contributed by atoms with Crippen molar-refractivity contribution < 1.29 is 31.5 Å². The van der Waals surface area contributed by atoms with Gasteiger partial charge in [-0.15, -0.1) is 13.2 Å². The Morgan fingerprint density at radius 3 is 2.40 bits per heavy atom. The first-order valence-electron chi connectivity index (χ1n) is 8.58. The van der Waals surface area contributed by atoms with Crippen molar-refractivity contribution in [2.24, 2.45) is 0 Å². The van der Waals surface area contributed by atoms with Crippen molar-refractivity contribution in [3.63, 3.8) is 0 Å². The Hall–Kier alpha value is -3.56. The first kappa shape index (κ1) is 21.2. The number of hydrogen-bond acceptors (Lipinski definition) is 4. The van der Waals surface area contributed by atoms with Gasteiger partial charge >= 0.3 is 6.36 Å². The second-order valence-corrected chi connectivity index (χ2v) is 6.11.